The van der Waals surface area contributed by atoms with E-state index in [1.165, 1.54) is 6.39 Å². The zero-order valence-corrected chi connectivity index (χ0v) is 11.0. The summed E-state index contributed by atoms with van der Waals surface area (Å²) < 4.78 is 5.11. The first-order chi connectivity index (χ1) is 9.73. The third kappa shape index (κ3) is 2.18. The Bertz CT molecular complexity index is 583. The molecule has 20 heavy (non-hydrogen) atoms. The molecule has 1 amide bonds. The fourth-order valence-corrected chi connectivity index (χ4v) is 2.39. The Morgan fingerprint density at radius 1 is 1.35 bits per heavy atom. The van der Waals surface area contributed by atoms with Crippen LogP contribution >= 0.6 is 0 Å². The van der Waals surface area contributed by atoms with Gasteiger partial charge in [-0.3, -0.25) is 4.79 Å². The summed E-state index contributed by atoms with van der Waals surface area (Å²) >= 11 is 0. The fourth-order valence-electron chi connectivity index (χ4n) is 2.39. The highest BCUT2D eigenvalue weighted by Crippen LogP contribution is 2.40. The van der Waals surface area contributed by atoms with Crippen LogP contribution in [0, 0.1) is 5.41 Å². The van der Waals surface area contributed by atoms with Crippen LogP contribution in [0.5, 0.6) is 0 Å². The number of carbonyl (C=O) groups excluding carboxylic acids is 1. The molecule has 0 atom stereocenters. The lowest BCUT2D eigenvalue weighted by atomic mass is 9.68. The lowest BCUT2D eigenvalue weighted by Crippen LogP contribution is -2.47. The summed E-state index contributed by atoms with van der Waals surface area (Å²) in [5, 5.41) is 10.4. The highest BCUT2D eigenvalue weighted by molar-refractivity contribution is 5.96. The zero-order chi connectivity index (χ0) is 14.0. The van der Waals surface area contributed by atoms with E-state index in [9.17, 15) is 4.79 Å². The Hall–Kier alpha value is -2.21. The quantitative estimate of drug-likeness (QED) is 0.885. The standard InChI is InChI=1S/C14H16N4O2/c15-8-14(6-1-7-14)13(19)17-11-4-2-10(3-5-11)12-18-16-9-20-12/h2-5,9H,1,6-8,15H2,(H,17,19). The smallest absolute Gasteiger partial charge is 0.247 e. The van der Waals surface area contributed by atoms with Crippen molar-refractivity contribution in [2.24, 2.45) is 11.1 Å². The van der Waals surface area contributed by atoms with Crippen molar-refractivity contribution in [3.8, 4) is 11.5 Å². The molecule has 2 aromatic rings. The molecular formula is C14H16N4O2. The third-order valence-electron chi connectivity index (χ3n) is 3.93. The number of nitrogens with one attached hydrogen (secondary N) is 1. The highest BCUT2D eigenvalue weighted by atomic mass is 16.4. The normalized spacial score (nSPS) is 16.4. The maximum absolute atomic E-state index is 12.2. The maximum Gasteiger partial charge on any atom is 0.247 e. The summed E-state index contributed by atoms with van der Waals surface area (Å²) in [6, 6.07) is 7.30. The first kappa shape index (κ1) is 12.8. The van der Waals surface area contributed by atoms with Crippen LogP contribution in [0.3, 0.4) is 0 Å². The Kier molecular flexibility index (Phi) is 3.23. The van der Waals surface area contributed by atoms with Gasteiger partial charge in [-0.1, -0.05) is 6.42 Å². The van der Waals surface area contributed by atoms with Crippen LogP contribution < -0.4 is 11.1 Å². The van der Waals surface area contributed by atoms with E-state index in [1.54, 1.807) is 0 Å². The molecule has 1 heterocycles. The molecule has 0 aliphatic heterocycles. The van der Waals surface area contributed by atoms with E-state index >= 15 is 0 Å². The second-order valence-corrected chi connectivity index (χ2v) is 5.11. The number of rotatable bonds is 4. The van der Waals surface area contributed by atoms with Gasteiger partial charge in [0, 0.05) is 17.8 Å². The van der Waals surface area contributed by atoms with E-state index in [-0.39, 0.29) is 11.3 Å². The van der Waals surface area contributed by atoms with E-state index in [2.05, 4.69) is 15.5 Å². The first-order valence-corrected chi connectivity index (χ1v) is 6.62. The summed E-state index contributed by atoms with van der Waals surface area (Å²) in [4.78, 5) is 12.2. The minimum absolute atomic E-state index is 0.0109. The van der Waals surface area contributed by atoms with Gasteiger partial charge in [-0.2, -0.15) is 0 Å². The molecule has 0 unspecified atom stereocenters. The van der Waals surface area contributed by atoms with Crippen LogP contribution in [0.15, 0.2) is 35.1 Å². The minimum Gasteiger partial charge on any atom is -0.423 e. The Balaban J connectivity index is 1.71. The van der Waals surface area contributed by atoms with Gasteiger partial charge in [0.25, 0.3) is 0 Å². The van der Waals surface area contributed by atoms with Gasteiger partial charge in [-0.15, -0.1) is 10.2 Å². The molecule has 6 nitrogen and oxygen atoms in total. The largest absolute Gasteiger partial charge is 0.423 e. The average molecular weight is 272 g/mol. The number of nitrogens with zero attached hydrogens (tertiary/aromatic N) is 2. The fraction of sp³-hybridized carbons (Fsp3) is 0.357. The average Bonchev–Trinajstić information content (AvgIpc) is 2.93. The summed E-state index contributed by atoms with van der Waals surface area (Å²) in [6.45, 7) is 0.402. The third-order valence-corrected chi connectivity index (χ3v) is 3.93. The van der Waals surface area contributed by atoms with Crippen LogP contribution in [0.2, 0.25) is 0 Å². The molecule has 1 aromatic heterocycles. The van der Waals surface area contributed by atoms with Crippen molar-refractivity contribution in [1.82, 2.24) is 10.2 Å². The molecule has 6 heteroatoms. The van der Waals surface area contributed by atoms with Crippen LogP contribution in [0.4, 0.5) is 5.69 Å². The van der Waals surface area contributed by atoms with E-state index in [0.29, 0.717) is 12.4 Å². The lowest BCUT2D eigenvalue weighted by Gasteiger charge is -2.39. The molecule has 104 valence electrons. The van der Waals surface area contributed by atoms with E-state index < -0.39 is 0 Å². The molecule has 0 saturated heterocycles. The van der Waals surface area contributed by atoms with Gasteiger partial charge >= 0.3 is 0 Å². The molecule has 1 aliphatic rings. The zero-order valence-electron chi connectivity index (χ0n) is 11.0. The SMILES string of the molecule is NCC1(C(=O)Nc2ccc(-c3nnco3)cc2)CCC1. The number of nitrogens with two attached hydrogens (primary N) is 1. The van der Waals surface area contributed by atoms with Gasteiger partial charge in [0.05, 0.1) is 5.41 Å². The number of hydrogen-bond donors (Lipinski definition) is 2. The van der Waals surface area contributed by atoms with Crippen LogP contribution in [-0.2, 0) is 4.79 Å². The Morgan fingerprint density at radius 2 is 2.10 bits per heavy atom. The van der Waals surface area contributed by atoms with Crippen molar-refractivity contribution in [2.45, 2.75) is 19.3 Å². The number of carbonyl (C=O) groups is 1. The van der Waals surface area contributed by atoms with Gasteiger partial charge < -0.3 is 15.5 Å². The topological polar surface area (TPSA) is 94.0 Å². The van der Waals surface area contributed by atoms with Crippen molar-refractivity contribution < 1.29 is 9.21 Å². The monoisotopic (exact) mass is 272 g/mol. The lowest BCUT2D eigenvalue weighted by molar-refractivity contribution is -0.129. The van der Waals surface area contributed by atoms with Gasteiger partial charge in [-0.25, -0.2) is 0 Å². The van der Waals surface area contributed by atoms with Crippen molar-refractivity contribution in [3.05, 3.63) is 30.7 Å². The minimum atomic E-state index is -0.370. The number of benzene rings is 1. The molecule has 3 N–H and O–H groups in total. The molecular weight excluding hydrogens is 256 g/mol. The number of aromatic nitrogens is 2. The summed E-state index contributed by atoms with van der Waals surface area (Å²) in [5.41, 5.74) is 6.92. The van der Waals surface area contributed by atoms with E-state index in [4.69, 9.17) is 10.2 Å². The van der Waals surface area contributed by atoms with Gasteiger partial charge in [0.2, 0.25) is 18.2 Å². The molecule has 0 radical (unpaired) electrons. The Morgan fingerprint density at radius 3 is 2.60 bits per heavy atom. The summed E-state index contributed by atoms with van der Waals surface area (Å²) in [6.07, 6.45) is 4.10. The van der Waals surface area contributed by atoms with E-state index in [1.807, 2.05) is 24.3 Å². The predicted molar refractivity (Wildman–Crippen MR) is 73.7 cm³/mol. The van der Waals surface area contributed by atoms with Crippen molar-refractivity contribution in [3.63, 3.8) is 0 Å². The van der Waals surface area contributed by atoms with Crippen molar-refractivity contribution >= 4 is 11.6 Å². The van der Waals surface area contributed by atoms with Crippen LogP contribution in [-0.4, -0.2) is 22.6 Å². The van der Waals surface area contributed by atoms with Crippen molar-refractivity contribution in [2.75, 3.05) is 11.9 Å². The molecule has 1 aromatic carbocycles. The highest BCUT2D eigenvalue weighted by Gasteiger charge is 2.42. The second-order valence-electron chi connectivity index (χ2n) is 5.11. The Labute approximate surface area is 116 Å². The molecule has 1 aliphatic carbocycles. The van der Waals surface area contributed by atoms with E-state index in [0.717, 1.165) is 30.5 Å². The van der Waals surface area contributed by atoms with Gasteiger partial charge in [0.1, 0.15) is 0 Å². The molecule has 1 fully saturated rings. The number of hydrogen-bond acceptors (Lipinski definition) is 5. The summed E-state index contributed by atoms with van der Waals surface area (Å²) in [5.74, 6) is 0.470. The molecule has 0 bridgehead atoms. The first-order valence-electron chi connectivity index (χ1n) is 6.62. The second kappa shape index (κ2) is 5.05. The maximum atomic E-state index is 12.2. The van der Waals surface area contributed by atoms with Crippen molar-refractivity contribution in [1.29, 1.82) is 0 Å². The van der Waals surface area contributed by atoms with Crippen LogP contribution in [0.1, 0.15) is 19.3 Å². The van der Waals surface area contributed by atoms with Gasteiger partial charge in [-0.05, 0) is 37.1 Å². The van der Waals surface area contributed by atoms with Crippen LogP contribution in [0.25, 0.3) is 11.5 Å². The number of amides is 1. The van der Waals surface area contributed by atoms with Gasteiger partial charge in [0.15, 0.2) is 0 Å². The summed E-state index contributed by atoms with van der Waals surface area (Å²) in [7, 11) is 0. The predicted octanol–water partition coefficient (Wildman–Crippen LogP) is 1.80. The number of anilines is 1. The molecule has 0 spiro atoms. The molecule has 3 rings (SSSR count). The molecule has 1 saturated carbocycles.